The van der Waals surface area contributed by atoms with Gasteiger partial charge in [-0.25, -0.2) is 0 Å². The summed E-state index contributed by atoms with van der Waals surface area (Å²) in [6.45, 7) is 0.877. The van der Waals surface area contributed by atoms with Gasteiger partial charge in [-0.3, -0.25) is 0 Å². The molecule has 0 radical (unpaired) electrons. The summed E-state index contributed by atoms with van der Waals surface area (Å²) in [5.41, 5.74) is 1.59. The fourth-order valence-electron chi connectivity index (χ4n) is 1.90. The Morgan fingerprint density at radius 2 is 2.21 bits per heavy atom. The van der Waals surface area contributed by atoms with Crippen molar-refractivity contribution in [2.24, 2.45) is 0 Å². The SMILES string of the molecule is COc1ccc(C#N)c(N(C)CCc2cccs2)c1. The summed E-state index contributed by atoms with van der Waals surface area (Å²) in [6.07, 6.45) is 0.982. The Labute approximate surface area is 117 Å². The zero-order valence-corrected chi connectivity index (χ0v) is 11.9. The number of nitrogens with zero attached hydrogens (tertiary/aromatic N) is 2. The van der Waals surface area contributed by atoms with Crippen LogP contribution < -0.4 is 9.64 Å². The fourth-order valence-corrected chi connectivity index (χ4v) is 2.60. The van der Waals surface area contributed by atoms with Crippen LogP contribution in [-0.2, 0) is 6.42 Å². The molecular formula is C15H16N2OS. The van der Waals surface area contributed by atoms with Crippen molar-refractivity contribution >= 4 is 17.0 Å². The van der Waals surface area contributed by atoms with Gasteiger partial charge in [0.25, 0.3) is 0 Å². The summed E-state index contributed by atoms with van der Waals surface area (Å²) in [5.74, 6) is 0.775. The van der Waals surface area contributed by atoms with Gasteiger partial charge >= 0.3 is 0 Å². The van der Waals surface area contributed by atoms with E-state index >= 15 is 0 Å². The van der Waals surface area contributed by atoms with Crippen molar-refractivity contribution in [1.29, 1.82) is 5.26 Å². The highest BCUT2D eigenvalue weighted by atomic mass is 32.1. The third-order valence-electron chi connectivity index (χ3n) is 3.01. The fraction of sp³-hybridized carbons (Fsp3) is 0.267. The molecule has 1 aromatic heterocycles. The van der Waals surface area contributed by atoms with Crippen LogP contribution >= 0.6 is 11.3 Å². The highest BCUT2D eigenvalue weighted by molar-refractivity contribution is 7.09. The number of benzene rings is 1. The second kappa shape index (κ2) is 6.26. The third-order valence-corrected chi connectivity index (χ3v) is 3.95. The van der Waals surface area contributed by atoms with E-state index in [1.807, 2.05) is 19.2 Å². The molecule has 0 unspecified atom stereocenters. The quantitative estimate of drug-likeness (QED) is 0.838. The van der Waals surface area contributed by atoms with Crippen LogP contribution in [0.3, 0.4) is 0 Å². The van der Waals surface area contributed by atoms with Crippen molar-refractivity contribution in [3.63, 3.8) is 0 Å². The lowest BCUT2D eigenvalue weighted by Gasteiger charge is -2.20. The molecule has 0 atom stereocenters. The lowest BCUT2D eigenvalue weighted by atomic mass is 10.1. The zero-order chi connectivity index (χ0) is 13.7. The molecule has 19 heavy (non-hydrogen) atoms. The summed E-state index contributed by atoms with van der Waals surface area (Å²) in [5, 5.41) is 11.3. The first kappa shape index (κ1) is 13.4. The summed E-state index contributed by atoms with van der Waals surface area (Å²) >= 11 is 1.76. The molecule has 1 heterocycles. The van der Waals surface area contributed by atoms with Crippen LogP contribution in [0.2, 0.25) is 0 Å². The van der Waals surface area contributed by atoms with Crippen LogP contribution in [0.4, 0.5) is 5.69 Å². The molecule has 0 aliphatic carbocycles. The number of thiophene rings is 1. The molecule has 0 spiro atoms. The smallest absolute Gasteiger partial charge is 0.121 e. The van der Waals surface area contributed by atoms with Gasteiger partial charge in [0.15, 0.2) is 0 Å². The van der Waals surface area contributed by atoms with Gasteiger partial charge in [0.1, 0.15) is 11.8 Å². The van der Waals surface area contributed by atoms with Gasteiger partial charge < -0.3 is 9.64 Å². The molecular weight excluding hydrogens is 256 g/mol. The van der Waals surface area contributed by atoms with E-state index < -0.39 is 0 Å². The number of anilines is 1. The van der Waals surface area contributed by atoms with E-state index in [9.17, 15) is 0 Å². The average Bonchev–Trinajstić information content (AvgIpc) is 2.97. The number of ether oxygens (including phenoxy) is 1. The summed E-state index contributed by atoms with van der Waals surface area (Å²) in [6, 6.07) is 11.9. The van der Waals surface area contributed by atoms with Crippen LogP contribution in [0.1, 0.15) is 10.4 Å². The molecule has 0 aliphatic rings. The number of methoxy groups -OCH3 is 1. The van der Waals surface area contributed by atoms with E-state index in [4.69, 9.17) is 10.00 Å². The minimum absolute atomic E-state index is 0.675. The molecule has 0 fully saturated rings. The predicted molar refractivity (Wildman–Crippen MR) is 79.0 cm³/mol. The Bertz CT molecular complexity index is 572. The molecule has 0 bridgehead atoms. The van der Waals surface area contributed by atoms with Crippen molar-refractivity contribution in [3.05, 3.63) is 46.2 Å². The van der Waals surface area contributed by atoms with Crippen LogP contribution in [0.25, 0.3) is 0 Å². The first-order chi connectivity index (χ1) is 9.24. The lowest BCUT2D eigenvalue weighted by Crippen LogP contribution is -2.21. The van der Waals surface area contributed by atoms with Gasteiger partial charge in [-0.2, -0.15) is 5.26 Å². The number of hydrogen-bond acceptors (Lipinski definition) is 4. The predicted octanol–water partition coefficient (Wildman–Crippen LogP) is 3.31. The van der Waals surface area contributed by atoms with Gasteiger partial charge in [-0.15, -0.1) is 11.3 Å². The van der Waals surface area contributed by atoms with E-state index in [0.717, 1.165) is 24.4 Å². The highest BCUT2D eigenvalue weighted by Crippen LogP contribution is 2.25. The van der Waals surface area contributed by atoms with Gasteiger partial charge in [-0.1, -0.05) is 6.07 Å². The number of rotatable bonds is 5. The molecule has 0 amide bonds. The molecule has 0 saturated heterocycles. The normalized spacial score (nSPS) is 9.95. The summed E-state index contributed by atoms with van der Waals surface area (Å²) in [4.78, 5) is 3.45. The maximum absolute atomic E-state index is 9.17. The van der Waals surface area contributed by atoms with Gasteiger partial charge in [0, 0.05) is 24.5 Å². The molecule has 0 N–H and O–H groups in total. The van der Waals surface area contributed by atoms with E-state index in [1.165, 1.54) is 4.88 Å². The van der Waals surface area contributed by atoms with Crippen LogP contribution in [0.15, 0.2) is 35.7 Å². The van der Waals surface area contributed by atoms with E-state index in [-0.39, 0.29) is 0 Å². The molecule has 98 valence electrons. The Morgan fingerprint density at radius 1 is 1.37 bits per heavy atom. The number of nitriles is 1. The van der Waals surface area contributed by atoms with Gasteiger partial charge in [0.05, 0.1) is 18.4 Å². The topological polar surface area (TPSA) is 36.3 Å². The molecule has 1 aromatic carbocycles. The second-order valence-corrected chi connectivity index (χ2v) is 5.28. The second-order valence-electron chi connectivity index (χ2n) is 4.25. The first-order valence-corrected chi connectivity index (χ1v) is 6.94. The standard InChI is InChI=1S/C15H16N2OS/c1-17(8-7-14-4-3-9-19-14)15-10-13(18-2)6-5-12(15)11-16/h3-6,9-10H,7-8H2,1-2H3. The minimum atomic E-state index is 0.675. The Morgan fingerprint density at radius 3 is 2.84 bits per heavy atom. The van der Waals surface area contributed by atoms with Crippen molar-refractivity contribution in [3.8, 4) is 11.8 Å². The van der Waals surface area contributed by atoms with Crippen LogP contribution in [0, 0.1) is 11.3 Å². The van der Waals surface area contributed by atoms with Crippen LogP contribution in [0.5, 0.6) is 5.75 Å². The summed E-state index contributed by atoms with van der Waals surface area (Å²) in [7, 11) is 3.64. The minimum Gasteiger partial charge on any atom is -0.497 e. The van der Waals surface area contributed by atoms with E-state index in [1.54, 1.807) is 24.5 Å². The highest BCUT2D eigenvalue weighted by Gasteiger charge is 2.09. The van der Waals surface area contributed by atoms with Crippen LogP contribution in [-0.4, -0.2) is 20.7 Å². The van der Waals surface area contributed by atoms with Gasteiger partial charge in [0.2, 0.25) is 0 Å². The Kier molecular flexibility index (Phi) is 4.43. The van der Waals surface area contributed by atoms with Crippen molar-refractivity contribution < 1.29 is 4.74 Å². The van der Waals surface area contributed by atoms with E-state index in [0.29, 0.717) is 5.56 Å². The number of likely N-dealkylation sites (N-methyl/N-ethyl adjacent to an activating group) is 1. The monoisotopic (exact) mass is 272 g/mol. The molecule has 0 aliphatic heterocycles. The first-order valence-electron chi connectivity index (χ1n) is 6.06. The van der Waals surface area contributed by atoms with Gasteiger partial charge in [-0.05, 0) is 30.0 Å². The van der Waals surface area contributed by atoms with Crippen molar-refractivity contribution in [2.75, 3.05) is 25.6 Å². The maximum atomic E-state index is 9.17. The molecule has 0 saturated carbocycles. The largest absolute Gasteiger partial charge is 0.497 e. The average molecular weight is 272 g/mol. The maximum Gasteiger partial charge on any atom is 0.121 e. The number of hydrogen-bond donors (Lipinski definition) is 0. The molecule has 2 aromatic rings. The lowest BCUT2D eigenvalue weighted by molar-refractivity contribution is 0.415. The Balaban J connectivity index is 2.13. The zero-order valence-electron chi connectivity index (χ0n) is 11.1. The Hall–Kier alpha value is -1.99. The molecule has 2 rings (SSSR count). The molecule has 4 heteroatoms. The van der Waals surface area contributed by atoms with Crippen molar-refractivity contribution in [1.82, 2.24) is 0 Å². The molecule has 3 nitrogen and oxygen atoms in total. The van der Waals surface area contributed by atoms with Crippen molar-refractivity contribution in [2.45, 2.75) is 6.42 Å². The third kappa shape index (κ3) is 3.27. The van der Waals surface area contributed by atoms with E-state index in [2.05, 4.69) is 28.5 Å². The summed E-state index contributed by atoms with van der Waals surface area (Å²) < 4.78 is 5.22.